The van der Waals surface area contributed by atoms with Gasteiger partial charge in [-0.05, 0) is 40.1 Å². The van der Waals surface area contributed by atoms with Gasteiger partial charge in [-0.3, -0.25) is 9.59 Å². The van der Waals surface area contributed by atoms with Gasteiger partial charge in [-0.25, -0.2) is 0 Å². The van der Waals surface area contributed by atoms with E-state index in [1.54, 1.807) is 37.5 Å². The summed E-state index contributed by atoms with van der Waals surface area (Å²) in [4.78, 5) is 27.8. The Hall–Kier alpha value is -2.41. The number of halogens is 1. The highest BCUT2D eigenvalue weighted by Crippen LogP contribution is 2.18. The summed E-state index contributed by atoms with van der Waals surface area (Å²) in [5.74, 6) is 0.975. The molecule has 0 aliphatic heterocycles. The van der Waals surface area contributed by atoms with Crippen LogP contribution in [0.15, 0.2) is 52.4 Å². The molecule has 6 nitrogen and oxygen atoms in total. The highest BCUT2D eigenvalue weighted by molar-refractivity contribution is 9.10. The Morgan fingerprint density at radius 2 is 2.28 bits per heavy atom. The van der Waals surface area contributed by atoms with Crippen molar-refractivity contribution in [2.45, 2.75) is 13.3 Å². The van der Waals surface area contributed by atoms with Gasteiger partial charge in [0, 0.05) is 30.2 Å². The number of carbonyl (C=O) groups excluding carboxylic acids is 1. The van der Waals surface area contributed by atoms with E-state index in [-0.39, 0.29) is 17.3 Å². The second-order valence-corrected chi connectivity index (χ2v) is 6.68. The molecule has 2 rings (SSSR count). The van der Waals surface area contributed by atoms with Crippen molar-refractivity contribution in [1.82, 2.24) is 9.55 Å². The van der Waals surface area contributed by atoms with E-state index in [1.807, 2.05) is 6.92 Å². The molecule has 1 atom stereocenters. The minimum absolute atomic E-state index is 0.00928. The second kappa shape index (κ2) is 8.62. The van der Waals surface area contributed by atoms with Crippen LogP contribution in [-0.4, -0.2) is 21.9 Å². The first-order valence-electron chi connectivity index (χ1n) is 7.77. The van der Waals surface area contributed by atoms with Crippen LogP contribution in [0.5, 0.6) is 5.88 Å². The summed E-state index contributed by atoms with van der Waals surface area (Å²) < 4.78 is 7.90. The van der Waals surface area contributed by atoms with Crippen molar-refractivity contribution in [3.8, 4) is 5.88 Å². The lowest BCUT2D eigenvalue weighted by molar-refractivity contribution is -0.115. The molecular weight excluding hydrogens is 386 g/mol. The van der Waals surface area contributed by atoms with E-state index >= 15 is 0 Å². The van der Waals surface area contributed by atoms with Gasteiger partial charge < -0.3 is 14.6 Å². The van der Waals surface area contributed by atoms with Crippen LogP contribution >= 0.6 is 15.9 Å². The summed E-state index contributed by atoms with van der Waals surface area (Å²) in [7, 11) is 1.68. The zero-order valence-electron chi connectivity index (χ0n) is 14.2. The summed E-state index contributed by atoms with van der Waals surface area (Å²) in [6.07, 6.45) is 3.39. The quantitative estimate of drug-likeness (QED) is 0.680. The topological polar surface area (TPSA) is 73.2 Å². The highest BCUT2D eigenvalue weighted by Gasteiger charge is 2.09. The molecule has 0 amide bonds. The van der Waals surface area contributed by atoms with Gasteiger partial charge in [-0.1, -0.05) is 19.6 Å². The lowest BCUT2D eigenvalue weighted by atomic mass is 10.1. The number of nitrogens with zero attached hydrogens (tertiary/aromatic N) is 2. The van der Waals surface area contributed by atoms with E-state index in [9.17, 15) is 9.59 Å². The molecule has 0 aromatic carbocycles. The third kappa shape index (κ3) is 5.56. The lowest BCUT2D eigenvalue weighted by Crippen LogP contribution is -2.19. The number of aromatic nitrogens is 2. The number of carbonyl (C=O) groups is 1. The fraction of sp³-hybridized carbons (Fsp3) is 0.278. The first-order chi connectivity index (χ1) is 11.9. The lowest BCUT2D eigenvalue weighted by Gasteiger charge is -2.12. The van der Waals surface area contributed by atoms with E-state index in [0.29, 0.717) is 30.4 Å². The molecule has 7 heteroatoms. The SMILES string of the molecule is C=CC(=O)C[C@@H](C)COc1cccc(Nc2cc(Br)cn(C)c2=O)n1. The van der Waals surface area contributed by atoms with Gasteiger partial charge >= 0.3 is 0 Å². The van der Waals surface area contributed by atoms with Gasteiger partial charge in [-0.2, -0.15) is 4.98 Å². The summed E-state index contributed by atoms with van der Waals surface area (Å²) >= 11 is 3.36. The Kier molecular flexibility index (Phi) is 6.52. The number of pyridine rings is 2. The highest BCUT2D eigenvalue weighted by atomic mass is 79.9. The standard InChI is InChI=1S/C18H20BrN3O3/c1-4-14(23)8-12(2)11-25-17-7-5-6-16(21-17)20-15-9-13(19)10-22(3)18(15)24/h4-7,9-10,12H,1,8,11H2,2-3H3,(H,20,21)/t12-/m1/s1. The van der Waals surface area contributed by atoms with Crippen LogP contribution in [0.25, 0.3) is 0 Å². The summed E-state index contributed by atoms with van der Waals surface area (Å²) in [5, 5.41) is 3.00. The van der Waals surface area contributed by atoms with E-state index in [1.165, 1.54) is 10.6 Å². The minimum Gasteiger partial charge on any atom is -0.477 e. The number of allylic oxidation sites excluding steroid dienone is 1. The molecule has 2 aromatic rings. The molecule has 25 heavy (non-hydrogen) atoms. The number of ether oxygens (including phenoxy) is 1. The van der Waals surface area contributed by atoms with Crippen LogP contribution < -0.4 is 15.6 Å². The van der Waals surface area contributed by atoms with Crippen LogP contribution in [0, 0.1) is 5.92 Å². The van der Waals surface area contributed by atoms with Crippen LogP contribution in [-0.2, 0) is 11.8 Å². The summed E-state index contributed by atoms with van der Waals surface area (Å²) in [5.41, 5.74) is 0.249. The van der Waals surface area contributed by atoms with E-state index in [2.05, 4.69) is 32.8 Å². The van der Waals surface area contributed by atoms with Crippen molar-refractivity contribution in [1.29, 1.82) is 0 Å². The first kappa shape index (κ1) is 18.9. The fourth-order valence-corrected chi connectivity index (χ4v) is 2.71. The average Bonchev–Trinajstić information content (AvgIpc) is 2.57. The molecule has 0 aliphatic carbocycles. The molecule has 1 N–H and O–H groups in total. The molecule has 0 spiro atoms. The second-order valence-electron chi connectivity index (χ2n) is 5.76. The maximum atomic E-state index is 12.1. The number of anilines is 2. The van der Waals surface area contributed by atoms with Crippen molar-refractivity contribution in [2.24, 2.45) is 13.0 Å². The van der Waals surface area contributed by atoms with Gasteiger partial charge in [-0.15, -0.1) is 0 Å². The van der Waals surface area contributed by atoms with Crippen LogP contribution in [0.2, 0.25) is 0 Å². The van der Waals surface area contributed by atoms with Gasteiger partial charge in [0.25, 0.3) is 5.56 Å². The number of hydrogen-bond donors (Lipinski definition) is 1. The molecule has 132 valence electrons. The smallest absolute Gasteiger partial charge is 0.274 e. The zero-order chi connectivity index (χ0) is 18.4. The van der Waals surface area contributed by atoms with Crippen molar-refractivity contribution in [2.75, 3.05) is 11.9 Å². The molecule has 0 radical (unpaired) electrons. The molecule has 0 fully saturated rings. The van der Waals surface area contributed by atoms with Crippen molar-refractivity contribution in [3.05, 3.63) is 57.9 Å². The molecule has 0 bridgehead atoms. The Morgan fingerprint density at radius 3 is 3.00 bits per heavy atom. The average molecular weight is 406 g/mol. The number of aryl methyl sites for hydroxylation is 1. The van der Waals surface area contributed by atoms with Crippen molar-refractivity contribution >= 4 is 33.2 Å². The number of ketones is 1. The normalized spacial score (nSPS) is 11.6. The Bertz CT molecular complexity index is 833. The van der Waals surface area contributed by atoms with Gasteiger partial charge in [0.05, 0.1) is 6.61 Å². The summed E-state index contributed by atoms with van der Waals surface area (Å²) in [6, 6.07) is 6.96. The molecular formula is C18H20BrN3O3. The molecule has 2 aromatic heterocycles. The molecule has 0 aliphatic rings. The van der Waals surface area contributed by atoms with Crippen LogP contribution in [0.3, 0.4) is 0 Å². The fourth-order valence-electron chi connectivity index (χ4n) is 2.18. The first-order valence-corrected chi connectivity index (χ1v) is 8.56. The Balaban J connectivity index is 2.05. The van der Waals surface area contributed by atoms with Crippen molar-refractivity contribution < 1.29 is 9.53 Å². The molecule has 0 unspecified atom stereocenters. The third-order valence-corrected chi connectivity index (χ3v) is 3.86. The molecule has 0 saturated heterocycles. The van der Waals surface area contributed by atoms with Gasteiger partial charge in [0.1, 0.15) is 11.5 Å². The van der Waals surface area contributed by atoms with Crippen LogP contribution in [0.1, 0.15) is 13.3 Å². The maximum Gasteiger partial charge on any atom is 0.274 e. The number of nitrogens with one attached hydrogen (secondary N) is 1. The Labute approximate surface area is 154 Å². The number of hydrogen-bond acceptors (Lipinski definition) is 5. The minimum atomic E-state index is -0.159. The number of rotatable bonds is 8. The van der Waals surface area contributed by atoms with Crippen LogP contribution in [0.4, 0.5) is 11.5 Å². The maximum absolute atomic E-state index is 12.1. The molecule has 0 saturated carbocycles. The predicted molar refractivity (Wildman–Crippen MR) is 101 cm³/mol. The summed E-state index contributed by atoms with van der Waals surface area (Å²) in [6.45, 7) is 5.76. The predicted octanol–water partition coefficient (Wildman–Crippen LogP) is 3.45. The third-order valence-electron chi connectivity index (χ3n) is 3.43. The monoisotopic (exact) mass is 405 g/mol. The van der Waals surface area contributed by atoms with Gasteiger partial charge in [0.15, 0.2) is 5.78 Å². The van der Waals surface area contributed by atoms with E-state index < -0.39 is 0 Å². The van der Waals surface area contributed by atoms with Gasteiger partial charge in [0.2, 0.25) is 5.88 Å². The Morgan fingerprint density at radius 1 is 1.52 bits per heavy atom. The molecule has 2 heterocycles. The van der Waals surface area contributed by atoms with E-state index in [4.69, 9.17) is 4.74 Å². The largest absolute Gasteiger partial charge is 0.477 e. The van der Waals surface area contributed by atoms with Crippen molar-refractivity contribution in [3.63, 3.8) is 0 Å². The van der Waals surface area contributed by atoms with E-state index in [0.717, 1.165) is 4.47 Å². The zero-order valence-corrected chi connectivity index (χ0v) is 15.7.